The van der Waals surface area contributed by atoms with Gasteiger partial charge in [0.05, 0.1) is 13.2 Å². The summed E-state index contributed by atoms with van der Waals surface area (Å²) in [4.78, 5) is 4.12. The minimum atomic E-state index is -0.770. The summed E-state index contributed by atoms with van der Waals surface area (Å²) < 4.78 is 15.0. The lowest BCUT2D eigenvalue weighted by Crippen LogP contribution is -2.02. The molecule has 6 heteroatoms. The summed E-state index contributed by atoms with van der Waals surface area (Å²) in [6, 6.07) is 8.48. The topological polar surface area (TPSA) is 81.0 Å². The number of aliphatic hydroxyl groups excluding tert-OH is 1. The van der Waals surface area contributed by atoms with Crippen LogP contribution in [-0.2, 0) is 11.2 Å². The van der Waals surface area contributed by atoms with Gasteiger partial charge in [-0.15, -0.1) is 0 Å². The number of rotatable bonds is 8. The Labute approximate surface area is 135 Å². The second kappa shape index (κ2) is 8.36. The Morgan fingerprint density at radius 3 is 2.61 bits per heavy atom. The number of aliphatic hydroxyl groups is 1. The van der Waals surface area contributed by atoms with E-state index in [9.17, 15) is 10.2 Å². The molecule has 23 heavy (non-hydrogen) atoms. The van der Waals surface area contributed by atoms with Gasteiger partial charge in [0.15, 0.2) is 6.79 Å². The van der Waals surface area contributed by atoms with Gasteiger partial charge in [-0.2, -0.15) is 0 Å². The summed E-state index contributed by atoms with van der Waals surface area (Å²) in [5.74, 6) is 1.04. The molecule has 0 spiro atoms. The highest BCUT2D eigenvalue weighted by atomic mass is 16.7. The largest absolute Gasteiger partial charge is 0.507 e. The van der Waals surface area contributed by atoms with Crippen molar-refractivity contribution >= 4 is 0 Å². The summed E-state index contributed by atoms with van der Waals surface area (Å²) >= 11 is 0. The predicted molar refractivity (Wildman–Crippen MR) is 84.7 cm³/mol. The summed E-state index contributed by atoms with van der Waals surface area (Å²) in [6.45, 7) is 0.103. The lowest BCUT2D eigenvalue weighted by Gasteiger charge is -2.14. The fourth-order valence-corrected chi connectivity index (χ4v) is 2.16. The molecule has 0 fully saturated rings. The van der Waals surface area contributed by atoms with E-state index < -0.39 is 6.10 Å². The number of hydrogen-bond acceptors (Lipinski definition) is 6. The first-order chi connectivity index (χ1) is 11.1. The quantitative estimate of drug-likeness (QED) is 0.727. The van der Waals surface area contributed by atoms with Crippen molar-refractivity contribution in [3.05, 3.63) is 47.7 Å². The van der Waals surface area contributed by atoms with Crippen LogP contribution in [-0.4, -0.2) is 36.2 Å². The standard InChI is InChI=1S/C17H21NO5/c1-21-11-23-13-5-6-14(16(20)9-13)15(19)7-3-12-4-8-17(22-2)18-10-12/h4-6,8-10,15,19-20H,3,7,11H2,1-2H3. The van der Waals surface area contributed by atoms with Gasteiger partial charge in [-0.25, -0.2) is 4.98 Å². The van der Waals surface area contributed by atoms with Crippen LogP contribution in [0.25, 0.3) is 0 Å². The first-order valence-electron chi connectivity index (χ1n) is 7.25. The molecule has 0 saturated heterocycles. The van der Waals surface area contributed by atoms with Crippen molar-refractivity contribution in [2.75, 3.05) is 21.0 Å². The van der Waals surface area contributed by atoms with Gasteiger partial charge in [0.2, 0.25) is 5.88 Å². The van der Waals surface area contributed by atoms with E-state index in [0.717, 1.165) is 5.56 Å². The third kappa shape index (κ3) is 4.84. The second-order valence-corrected chi connectivity index (χ2v) is 5.03. The summed E-state index contributed by atoms with van der Waals surface area (Å²) in [5, 5.41) is 20.3. The molecule has 2 aromatic rings. The first-order valence-corrected chi connectivity index (χ1v) is 7.25. The molecule has 1 unspecified atom stereocenters. The van der Waals surface area contributed by atoms with Crippen molar-refractivity contribution in [3.63, 3.8) is 0 Å². The Hall–Kier alpha value is -2.31. The molecule has 1 atom stereocenters. The van der Waals surface area contributed by atoms with E-state index in [1.54, 1.807) is 31.5 Å². The Morgan fingerprint density at radius 2 is 2.00 bits per heavy atom. The monoisotopic (exact) mass is 319 g/mol. The molecule has 124 valence electrons. The lowest BCUT2D eigenvalue weighted by atomic mass is 10.0. The maximum absolute atomic E-state index is 10.3. The van der Waals surface area contributed by atoms with Crippen LogP contribution in [0, 0.1) is 0 Å². The molecule has 0 saturated carbocycles. The fourth-order valence-electron chi connectivity index (χ4n) is 2.16. The number of aryl methyl sites for hydroxylation is 1. The van der Waals surface area contributed by atoms with Gasteiger partial charge in [0.1, 0.15) is 11.5 Å². The smallest absolute Gasteiger partial charge is 0.212 e. The van der Waals surface area contributed by atoms with Gasteiger partial charge in [-0.1, -0.05) is 6.07 Å². The number of aromatic nitrogens is 1. The van der Waals surface area contributed by atoms with Crippen molar-refractivity contribution in [3.8, 4) is 17.4 Å². The number of aromatic hydroxyl groups is 1. The predicted octanol–water partition coefficient (Wildman–Crippen LogP) is 2.44. The van der Waals surface area contributed by atoms with Crippen LogP contribution < -0.4 is 9.47 Å². The Kier molecular flexibility index (Phi) is 6.19. The van der Waals surface area contributed by atoms with Crippen molar-refractivity contribution in [1.82, 2.24) is 4.98 Å². The summed E-state index contributed by atoms with van der Waals surface area (Å²) in [6.07, 6.45) is 2.06. The van der Waals surface area contributed by atoms with Crippen molar-refractivity contribution in [2.45, 2.75) is 18.9 Å². The van der Waals surface area contributed by atoms with Crippen LogP contribution in [0.4, 0.5) is 0 Å². The Morgan fingerprint density at radius 1 is 1.17 bits per heavy atom. The molecule has 0 amide bonds. The Bertz CT molecular complexity index is 615. The number of methoxy groups -OCH3 is 2. The fraction of sp³-hybridized carbons (Fsp3) is 0.353. The minimum Gasteiger partial charge on any atom is -0.507 e. The molecule has 2 N–H and O–H groups in total. The lowest BCUT2D eigenvalue weighted by molar-refractivity contribution is 0.0509. The number of phenols is 1. The van der Waals surface area contributed by atoms with Crippen LogP contribution >= 0.6 is 0 Å². The molecular weight excluding hydrogens is 298 g/mol. The maximum Gasteiger partial charge on any atom is 0.212 e. The molecule has 0 bridgehead atoms. The number of phenolic OH excluding ortho intramolecular Hbond substituents is 1. The third-order valence-electron chi connectivity index (χ3n) is 3.42. The van der Waals surface area contributed by atoms with Crippen LogP contribution in [0.2, 0.25) is 0 Å². The zero-order valence-corrected chi connectivity index (χ0v) is 13.2. The maximum atomic E-state index is 10.3. The number of benzene rings is 1. The van der Waals surface area contributed by atoms with E-state index in [-0.39, 0.29) is 12.5 Å². The van der Waals surface area contributed by atoms with Crippen molar-refractivity contribution in [1.29, 1.82) is 0 Å². The molecule has 0 aliphatic heterocycles. The van der Waals surface area contributed by atoms with E-state index >= 15 is 0 Å². The van der Waals surface area contributed by atoms with E-state index in [0.29, 0.717) is 30.0 Å². The molecule has 0 aliphatic rings. The average Bonchev–Trinajstić information content (AvgIpc) is 2.58. The van der Waals surface area contributed by atoms with Crippen LogP contribution in [0.3, 0.4) is 0 Å². The van der Waals surface area contributed by atoms with E-state index in [1.807, 2.05) is 6.07 Å². The minimum absolute atomic E-state index is 0.000964. The zero-order valence-electron chi connectivity index (χ0n) is 13.2. The van der Waals surface area contributed by atoms with Crippen molar-refractivity contribution < 1.29 is 24.4 Å². The second-order valence-electron chi connectivity index (χ2n) is 5.03. The molecular formula is C17H21NO5. The van der Waals surface area contributed by atoms with Crippen LogP contribution in [0.5, 0.6) is 17.4 Å². The van der Waals surface area contributed by atoms with Gasteiger partial charge in [-0.05, 0) is 30.5 Å². The van der Waals surface area contributed by atoms with Crippen LogP contribution in [0.15, 0.2) is 36.5 Å². The number of hydrogen-bond donors (Lipinski definition) is 2. The van der Waals surface area contributed by atoms with E-state index in [1.165, 1.54) is 13.2 Å². The highest BCUT2D eigenvalue weighted by Crippen LogP contribution is 2.30. The number of pyridine rings is 1. The molecule has 2 rings (SSSR count). The molecule has 0 radical (unpaired) electrons. The molecule has 1 aromatic carbocycles. The molecule has 6 nitrogen and oxygen atoms in total. The van der Waals surface area contributed by atoms with E-state index in [4.69, 9.17) is 14.2 Å². The van der Waals surface area contributed by atoms with Gasteiger partial charge < -0.3 is 24.4 Å². The number of ether oxygens (including phenoxy) is 3. The van der Waals surface area contributed by atoms with Crippen molar-refractivity contribution in [2.24, 2.45) is 0 Å². The average molecular weight is 319 g/mol. The molecule has 0 aliphatic carbocycles. The van der Waals surface area contributed by atoms with Crippen LogP contribution in [0.1, 0.15) is 23.7 Å². The normalized spacial score (nSPS) is 12.0. The number of nitrogens with zero attached hydrogens (tertiary/aromatic N) is 1. The Balaban J connectivity index is 1.95. The SMILES string of the molecule is COCOc1ccc(C(O)CCc2ccc(OC)nc2)c(O)c1. The van der Waals surface area contributed by atoms with Gasteiger partial charge in [-0.3, -0.25) is 0 Å². The highest BCUT2D eigenvalue weighted by Gasteiger charge is 2.13. The van der Waals surface area contributed by atoms with Gasteiger partial charge in [0, 0.05) is 31.0 Å². The van der Waals surface area contributed by atoms with E-state index in [2.05, 4.69) is 4.98 Å². The molecule has 1 heterocycles. The highest BCUT2D eigenvalue weighted by molar-refractivity contribution is 5.41. The summed E-state index contributed by atoms with van der Waals surface area (Å²) in [7, 11) is 3.08. The van der Waals surface area contributed by atoms with Gasteiger partial charge in [0.25, 0.3) is 0 Å². The first kappa shape index (κ1) is 17.1. The van der Waals surface area contributed by atoms with Gasteiger partial charge >= 0.3 is 0 Å². The third-order valence-corrected chi connectivity index (χ3v) is 3.42. The zero-order chi connectivity index (χ0) is 16.7. The molecule has 1 aromatic heterocycles. The summed E-state index contributed by atoms with van der Waals surface area (Å²) in [5.41, 5.74) is 1.46.